The molecule has 1 unspecified atom stereocenters. The van der Waals surface area contributed by atoms with Crippen molar-refractivity contribution in [2.75, 3.05) is 24.3 Å². The molecule has 1 aromatic heterocycles. The van der Waals surface area contributed by atoms with Gasteiger partial charge in [-0.2, -0.15) is 0 Å². The molecule has 1 aliphatic rings. The first-order valence-corrected chi connectivity index (χ1v) is 7.40. The highest BCUT2D eigenvalue weighted by molar-refractivity contribution is 7.91. The van der Waals surface area contributed by atoms with Crippen molar-refractivity contribution in [1.29, 1.82) is 0 Å². The predicted octanol–water partition coefficient (Wildman–Crippen LogP) is 0.283. The molecule has 0 bridgehead atoms. The number of pyridine rings is 1. The van der Waals surface area contributed by atoms with Crippen LogP contribution in [-0.4, -0.2) is 42.9 Å². The number of anilines is 1. The summed E-state index contributed by atoms with van der Waals surface area (Å²) < 4.78 is 22.8. The molecule has 0 amide bonds. The van der Waals surface area contributed by atoms with Crippen LogP contribution in [0.5, 0.6) is 0 Å². The summed E-state index contributed by atoms with van der Waals surface area (Å²) >= 11 is 0. The van der Waals surface area contributed by atoms with Gasteiger partial charge in [0.25, 0.3) is 0 Å². The minimum Gasteiger partial charge on any atom is -0.397 e. The molecule has 94 valence electrons. The molecule has 1 atom stereocenters. The number of hydrogen-bond acceptors (Lipinski definition) is 5. The number of nitrogen functional groups attached to an aromatic ring is 1. The number of hydrogen-bond donors (Lipinski definition) is 1. The minimum atomic E-state index is -2.84. The van der Waals surface area contributed by atoms with E-state index in [2.05, 4.69) is 4.98 Å². The zero-order valence-corrected chi connectivity index (χ0v) is 10.7. The summed E-state index contributed by atoms with van der Waals surface area (Å²) in [5.41, 5.74) is 7.27. The quantitative estimate of drug-likeness (QED) is 0.839. The Hall–Kier alpha value is -1.14. The molecular weight excluding hydrogens is 238 g/mol. The fraction of sp³-hybridized carbons (Fsp3) is 0.545. The Bertz CT molecular complexity index is 501. The van der Waals surface area contributed by atoms with Crippen LogP contribution in [0, 0.1) is 0 Å². The molecule has 2 rings (SSSR count). The van der Waals surface area contributed by atoms with Gasteiger partial charge in [0.2, 0.25) is 0 Å². The van der Waals surface area contributed by atoms with Crippen LogP contribution in [0.2, 0.25) is 0 Å². The maximum Gasteiger partial charge on any atom is 0.151 e. The molecule has 5 nitrogen and oxygen atoms in total. The summed E-state index contributed by atoms with van der Waals surface area (Å²) in [5, 5.41) is 0. The van der Waals surface area contributed by atoms with E-state index in [0.717, 1.165) is 5.69 Å². The number of aromatic nitrogens is 1. The van der Waals surface area contributed by atoms with Crippen LogP contribution in [0.4, 0.5) is 5.69 Å². The molecule has 6 heteroatoms. The second-order valence-electron chi connectivity index (χ2n) is 4.51. The van der Waals surface area contributed by atoms with Crippen LogP contribution in [0.25, 0.3) is 0 Å². The van der Waals surface area contributed by atoms with Gasteiger partial charge < -0.3 is 5.73 Å². The van der Waals surface area contributed by atoms with Gasteiger partial charge in [-0.05, 0) is 25.6 Å². The monoisotopic (exact) mass is 255 g/mol. The number of nitrogens with two attached hydrogens (primary N) is 1. The molecular formula is C11H17N3O2S. The summed E-state index contributed by atoms with van der Waals surface area (Å²) in [4.78, 5) is 6.23. The largest absolute Gasteiger partial charge is 0.397 e. The van der Waals surface area contributed by atoms with E-state index in [9.17, 15) is 8.42 Å². The van der Waals surface area contributed by atoms with Gasteiger partial charge >= 0.3 is 0 Å². The van der Waals surface area contributed by atoms with E-state index in [1.807, 2.05) is 18.0 Å². The molecule has 2 heterocycles. The lowest BCUT2D eigenvalue weighted by Gasteiger charge is -2.22. The molecule has 1 saturated heterocycles. The van der Waals surface area contributed by atoms with E-state index < -0.39 is 9.84 Å². The third-order valence-corrected chi connectivity index (χ3v) is 4.91. The Morgan fingerprint density at radius 2 is 2.35 bits per heavy atom. The number of nitrogens with zero attached hydrogens (tertiary/aromatic N) is 2. The smallest absolute Gasteiger partial charge is 0.151 e. The van der Waals surface area contributed by atoms with Crippen molar-refractivity contribution in [3.05, 3.63) is 24.0 Å². The van der Waals surface area contributed by atoms with Crippen LogP contribution in [0.15, 0.2) is 18.3 Å². The Kier molecular flexibility index (Phi) is 3.35. The third kappa shape index (κ3) is 2.95. The van der Waals surface area contributed by atoms with Crippen molar-refractivity contribution in [2.45, 2.75) is 19.0 Å². The third-order valence-electron chi connectivity index (χ3n) is 3.16. The highest BCUT2D eigenvalue weighted by atomic mass is 32.2. The summed E-state index contributed by atoms with van der Waals surface area (Å²) in [6.07, 6.45) is 2.40. The standard InChI is InChI=1S/C11H17N3O2S/c1-14(9-4-6-17(15,16)8-9)7-11-10(12)3-2-5-13-11/h2-3,5,9H,4,6-8,12H2,1H3. The second kappa shape index (κ2) is 4.62. The molecule has 0 saturated carbocycles. The lowest BCUT2D eigenvalue weighted by Crippen LogP contribution is -2.32. The molecule has 0 aromatic carbocycles. The first kappa shape index (κ1) is 12.3. The molecule has 1 aromatic rings. The van der Waals surface area contributed by atoms with E-state index >= 15 is 0 Å². The maximum absolute atomic E-state index is 11.4. The molecule has 1 aliphatic heterocycles. The zero-order chi connectivity index (χ0) is 12.5. The van der Waals surface area contributed by atoms with Crippen LogP contribution in [0.1, 0.15) is 12.1 Å². The van der Waals surface area contributed by atoms with E-state index in [4.69, 9.17) is 5.73 Å². The van der Waals surface area contributed by atoms with Gasteiger partial charge in [-0.1, -0.05) is 0 Å². The van der Waals surface area contributed by atoms with Crippen LogP contribution < -0.4 is 5.73 Å². The number of rotatable bonds is 3. The van der Waals surface area contributed by atoms with E-state index in [1.165, 1.54) is 0 Å². The van der Waals surface area contributed by atoms with E-state index in [0.29, 0.717) is 24.4 Å². The fourth-order valence-electron chi connectivity index (χ4n) is 2.07. The lowest BCUT2D eigenvalue weighted by molar-refractivity contribution is 0.251. The summed E-state index contributed by atoms with van der Waals surface area (Å²) in [6, 6.07) is 3.68. The van der Waals surface area contributed by atoms with Gasteiger partial charge in [0, 0.05) is 18.8 Å². The fourth-order valence-corrected chi connectivity index (χ4v) is 3.88. The maximum atomic E-state index is 11.4. The van der Waals surface area contributed by atoms with Gasteiger partial charge in [0.15, 0.2) is 9.84 Å². The highest BCUT2D eigenvalue weighted by Crippen LogP contribution is 2.19. The van der Waals surface area contributed by atoms with Crippen molar-refractivity contribution in [1.82, 2.24) is 9.88 Å². The molecule has 0 radical (unpaired) electrons. The Labute approximate surface area is 102 Å². The Morgan fingerprint density at radius 1 is 1.59 bits per heavy atom. The Balaban J connectivity index is 2.03. The Morgan fingerprint density at radius 3 is 2.94 bits per heavy atom. The molecule has 0 aliphatic carbocycles. The first-order valence-electron chi connectivity index (χ1n) is 5.58. The van der Waals surface area contributed by atoms with Crippen molar-refractivity contribution in [2.24, 2.45) is 0 Å². The topological polar surface area (TPSA) is 76.3 Å². The van der Waals surface area contributed by atoms with Crippen molar-refractivity contribution in [3.63, 3.8) is 0 Å². The first-order chi connectivity index (χ1) is 7.98. The normalized spacial score (nSPS) is 23.1. The lowest BCUT2D eigenvalue weighted by atomic mass is 10.2. The van der Waals surface area contributed by atoms with Crippen LogP contribution in [0.3, 0.4) is 0 Å². The van der Waals surface area contributed by atoms with Gasteiger partial charge in [0.05, 0.1) is 22.9 Å². The van der Waals surface area contributed by atoms with E-state index in [-0.39, 0.29) is 11.8 Å². The molecule has 17 heavy (non-hydrogen) atoms. The summed E-state index contributed by atoms with van der Waals surface area (Å²) in [7, 11) is -0.920. The molecule has 1 fully saturated rings. The van der Waals surface area contributed by atoms with Crippen molar-refractivity contribution < 1.29 is 8.42 Å². The van der Waals surface area contributed by atoms with Crippen LogP contribution in [-0.2, 0) is 16.4 Å². The highest BCUT2D eigenvalue weighted by Gasteiger charge is 2.30. The zero-order valence-electron chi connectivity index (χ0n) is 9.83. The van der Waals surface area contributed by atoms with Gasteiger partial charge in [0.1, 0.15) is 0 Å². The van der Waals surface area contributed by atoms with Gasteiger partial charge in [-0.15, -0.1) is 0 Å². The molecule has 2 N–H and O–H groups in total. The SMILES string of the molecule is CN(Cc1ncccc1N)C1CCS(=O)(=O)C1. The average Bonchev–Trinajstić information content (AvgIpc) is 2.62. The predicted molar refractivity (Wildman–Crippen MR) is 67.2 cm³/mol. The number of sulfone groups is 1. The van der Waals surface area contributed by atoms with Gasteiger partial charge in [-0.25, -0.2) is 8.42 Å². The summed E-state index contributed by atoms with van der Waals surface area (Å²) in [6.45, 7) is 0.590. The van der Waals surface area contributed by atoms with Gasteiger partial charge in [-0.3, -0.25) is 9.88 Å². The summed E-state index contributed by atoms with van der Waals surface area (Å²) in [5.74, 6) is 0.538. The van der Waals surface area contributed by atoms with Crippen molar-refractivity contribution >= 4 is 15.5 Å². The average molecular weight is 255 g/mol. The van der Waals surface area contributed by atoms with Crippen LogP contribution >= 0.6 is 0 Å². The molecule has 0 spiro atoms. The second-order valence-corrected chi connectivity index (χ2v) is 6.74. The van der Waals surface area contributed by atoms with Crippen molar-refractivity contribution in [3.8, 4) is 0 Å². The van der Waals surface area contributed by atoms with E-state index in [1.54, 1.807) is 12.3 Å². The minimum absolute atomic E-state index is 0.0846.